The number of hydrogen-bond acceptors (Lipinski definition) is 5. The van der Waals surface area contributed by atoms with Gasteiger partial charge in [-0.25, -0.2) is 0 Å². The Balaban J connectivity index is 1.50. The fourth-order valence-electron chi connectivity index (χ4n) is 3.20. The predicted molar refractivity (Wildman–Crippen MR) is 119 cm³/mol. The summed E-state index contributed by atoms with van der Waals surface area (Å²) in [6, 6.07) is 19.0. The van der Waals surface area contributed by atoms with E-state index in [1.807, 2.05) is 48.5 Å². The molecule has 31 heavy (non-hydrogen) atoms. The fourth-order valence-corrected chi connectivity index (χ4v) is 3.20. The number of nitrogens with zero attached hydrogens (tertiary/aromatic N) is 2. The minimum Gasteiger partial charge on any atom is -0.355 e. The first-order valence-electron chi connectivity index (χ1n) is 10.5. The van der Waals surface area contributed by atoms with E-state index in [4.69, 9.17) is 4.52 Å². The monoisotopic (exact) mass is 420 g/mol. The van der Waals surface area contributed by atoms with Gasteiger partial charge in [0.1, 0.15) is 0 Å². The van der Waals surface area contributed by atoms with Gasteiger partial charge < -0.3 is 15.2 Å². The van der Waals surface area contributed by atoms with E-state index in [1.165, 1.54) is 5.56 Å². The van der Waals surface area contributed by atoms with Crippen molar-refractivity contribution in [3.63, 3.8) is 0 Å². The molecule has 0 atom stereocenters. The lowest BCUT2D eigenvalue weighted by molar-refractivity contribution is -0.120. The predicted octanol–water partition coefficient (Wildman–Crippen LogP) is 3.23. The highest BCUT2D eigenvalue weighted by atomic mass is 16.5. The maximum Gasteiger partial charge on any atom is 0.273 e. The van der Waals surface area contributed by atoms with Gasteiger partial charge in [0.2, 0.25) is 5.91 Å². The maximum absolute atomic E-state index is 12.3. The van der Waals surface area contributed by atoms with Crippen molar-refractivity contribution in [2.45, 2.75) is 26.9 Å². The molecule has 2 N–H and O–H groups in total. The van der Waals surface area contributed by atoms with Crippen molar-refractivity contribution in [2.75, 3.05) is 19.6 Å². The summed E-state index contributed by atoms with van der Waals surface area (Å²) in [5.41, 5.74) is 3.22. The number of nitrogens with one attached hydrogen (secondary N) is 2. The quantitative estimate of drug-likeness (QED) is 0.526. The Bertz CT molecular complexity index is 997. The molecule has 3 rings (SSSR count). The van der Waals surface area contributed by atoms with Crippen LogP contribution in [0.3, 0.4) is 0 Å². The summed E-state index contributed by atoms with van der Waals surface area (Å²) >= 11 is 0. The van der Waals surface area contributed by atoms with Gasteiger partial charge in [0.15, 0.2) is 11.5 Å². The lowest BCUT2D eigenvalue weighted by Crippen LogP contribution is -2.37. The van der Waals surface area contributed by atoms with Crippen LogP contribution in [0, 0.1) is 0 Å². The van der Waals surface area contributed by atoms with Gasteiger partial charge in [-0.1, -0.05) is 73.6 Å². The van der Waals surface area contributed by atoms with Gasteiger partial charge >= 0.3 is 0 Å². The van der Waals surface area contributed by atoms with Gasteiger partial charge in [-0.3, -0.25) is 14.5 Å². The molecule has 0 aliphatic heterocycles. The first-order chi connectivity index (χ1) is 15.1. The number of hydrogen-bond donors (Lipinski definition) is 2. The topological polar surface area (TPSA) is 87.5 Å². The van der Waals surface area contributed by atoms with Crippen molar-refractivity contribution >= 4 is 11.8 Å². The van der Waals surface area contributed by atoms with Crippen molar-refractivity contribution < 1.29 is 14.1 Å². The number of carbonyl (C=O) groups is 2. The summed E-state index contributed by atoms with van der Waals surface area (Å²) in [4.78, 5) is 26.9. The summed E-state index contributed by atoms with van der Waals surface area (Å²) in [6.07, 6.45) is 0. The van der Waals surface area contributed by atoms with Crippen LogP contribution in [-0.4, -0.2) is 41.5 Å². The van der Waals surface area contributed by atoms with E-state index in [-0.39, 0.29) is 18.1 Å². The minimum atomic E-state index is -0.456. The Kier molecular flexibility index (Phi) is 7.95. The molecular formula is C24H28N4O3. The van der Waals surface area contributed by atoms with Crippen molar-refractivity contribution in [3.05, 3.63) is 77.5 Å². The molecule has 3 aromatic rings. The molecule has 0 saturated carbocycles. The largest absolute Gasteiger partial charge is 0.355 e. The first kappa shape index (κ1) is 22.2. The minimum absolute atomic E-state index is 0.134. The van der Waals surface area contributed by atoms with E-state index in [1.54, 1.807) is 6.07 Å². The van der Waals surface area contributed by atoms with Gasteiger partial charge in [0, 0.05) is 24.7 Å². The summed E-state index contributed by atoms with van der Waals surface area (Å²) < 4.78 is 5.23. The Labute approximate surface area is 182 Å². The van der Waals surface area contributed by atoms with E-state index >= 15 is 0 Å². The molecule has 0 unspecified atom stereocenters. The van der Waals surface area contributed by atoms with Crippen LogP contribution in [0.2, 0.25) is 0 Å². The standard InChI is InChI=1S/C24H28N4O3/c1-3-28(4-2)17-20-13-9-8-12-19(20)15-25-23(29)16-26-24(30)21-14-22(31-27-21)18-10-6-5-7-11-18/h5-14H,3-4,15-17H2,1-2H3,(H,25,29)(H,26,30). The smallest absolute Gasteiger partial charge is 0.273 e. The first-order valence-corrected chi connectivity index (χ1v) is 10.5. The molecule has 2 amide bonds. The molecular weight excluding hydrogens is 392 g/mol. The van der Waals surface area contributed by atoms with E-state index in [2.05, 4.69) is 40.6 Å². The van der Waals surface area contributed by atoms with Crippen LogP contribution in [0.1, 0.15) is 35.5 Å². The lowest BCUT2D eigenvalue weighted by atomic mass is 10.1. The van der Waals surface area contributed by atoms with Gasteiger partial charge in [-0.05, 0) is 24.2 Å². The van der Waals surface area contributed by atoms with E-state index < -0.39 is 5.91 Å². The third kappa shape index (κ3) is 6.26. The van der Waals surface area contributed by atoms with Crippen molar-refractivity contribution in [3.8, 4) is 11.3 Å². The van der Waals surface area contributed by atoms with Gasteiger partial charge in [-0.15, -0.1) is 0 Å². The van der Waals surface area contributed by atoms with Crippen molar-refractivity contribution in [1.82, 2.24) is 20.7 Å². The number of benzene rings is 2. The molecule has 0 saturated heterocycles. The highest BCUT2D eigenvalue weighted by Gasteiger charge is 2.15. The fraction of sp³-hybridized carbons (Fsp3) is 0.292. The molecule has 1 heterocycles. The molecule has 7 nitrogen and oxygen atoms in total. The van der Waals surface area contributed by atoms with Crippen LogP contribution < -0.4 is 10.6 Å². The Morgan fingerprint density at radius 3 is 2.32 bits per heavy atom. The third-order valence-corrected chi connectivity index (χ3v) is 5.09. The Morgan fingerprint density at radius 2 is 1.61 bits per heavy atom. The SMILES string of the molecule is CCN(CC)Cc1ccccc1CNC(=O)CNC(=O)c1cc(-c2ccccc2)on1. The normalized spacial score (nSPS) is 10.8. The van der Waals surface area contributed by atoms with E-state index in [0.29, 0.717) is 12.3 Å². The lowest BCUT2D eigenvalue weighted by Gasteiger charge is -2.20. The second-order valence-corrected chi connectivity index (χ2v) is 7.13. The molecule has 2 aromatic carbocycles. The Hall–Kier alpha value is -3.45. The second kappa shape index (κ2) is 11.1. The van der Waals surface area contributed by atoms with Crippen LogP contribution in [0.5, 0.6) is 0 Å². The zero-order chi connectivity index (χ0) is 22.1. The molecule has 0 aliphatic carbocycles. The number of aromatic nitrogens is 1. The van der Waals surface area contributed by atoms with Crippen LogP contribution in [0.25, 0.3) is 11.3 Å². The average Bonchev–Trinajstić information content (AvgIpc) is 3.31. The number of amides is 2. The summed E-state index contributed by atoms with van der Waals surface area (Å²) in [5, 5.41) is 9.25. The zero-order valence-electron chi connectivity index (χ0n) is 17.9. The molecule has 1 aromatic heterocycles. The number of carbonyl (C=O) groups excluding carboxylic acids is 2. The second-order valence-electron chi connectivity index (χ2n) is 7.13. The van der Waals surface area contributed by atoms with Crippen LogP contribution in [0.4, 0.5) is 0 Å². The molecule has 0 radical (unpaired) electrons. The number of rotatable bonds is 10. The molecule has 0 spiro atoms. The van der Waals surface area contributed by atoms with E-state index in [9.17, 15) is 9.59 Å². The van der Waals surface area contributed by atoms with Gasteiger partial charge in [0.25, 0.3) is 5.91 Å². The van der Waals surface area contributed by atoms with E-state index in [0.717, 1.165) is 30.8 Å². The molecule has 7 heteroatoms. The molecule has 0 fully saturated rings. The van der Waals surface area contributed by atoms with Crippen molar-refractivity contribution in [2.24, 2.45) is 0 Å². The third-order valence-electron chi connectivity index (χ3n) is 5.09. The average molecular weight is 421 g/mol. The molecule has 162 valence electrons. The summed E-state index contributed by atoms with van der Waals surface area (Å²) in [5.74, 6) is -0.221. The highest BCUT2D eigenvalue weighted by molar-refractivity contribution is 5.95. The van der Waals surface area contributed by atoms with Crippen LogP contribution in [0.15, 0.2) is 65.2 Å². The van der Waals surface area contributed by atoms with Crippen LogP contribution >= 0.6 is 0 Å². The molecule has 0 aliphatic rings. The van der Waals surface area contributed by atoms with Crippen LogP contribution in [-0.2, 0) is 17.9 Å². The van der Waals surface area contributed by atoms with Gasteiger partial charge in [0.05, 0.1) is 6.54 Å². The molecule has 0 bridgehead atoms. The summed E-state index contributed by atoms with van der Waals surface area (Å²) in [7, 11) is 0. The zero-order valence-corrected chi connectivity index (χ0v) is 17.9. The highest BCUT2D eigenvalue weighted by Crippen LogP contribution is 2.19. The maximum atomic E-state index is 12.3. The summed E-state index contributed by atoms with van der Waals surface area (Å²) in [6.45, 7) is 7.32. The van der Waals surface area contributed by atoms with Gasteiger partial charge in [-0.2, -0.15) is 0 Å². The Morgan fingerprint density at radius 1 is 0.935 bits per heavy atom. The van der Waals surface area contributed by atoms with Crippen molar-refractivity contribution in [1.29, 1.82) is 0 Å².